The van der Waals surface area contributed by atoms with E-state index in [0.717, 1.165) is 18.4 Å². The molecule has 2 N–H and O–H groups in total. The quantitative estimate of drug-likeness (QED) is 0.698. The normalized spacial score (nSPS) is 15.8. The van der Waals surface area contributed by atoms with Crippen molar-refractivity contribution in [3.05, 3.63) is 48.0 Å². The first-order chi connectivity index (χ1) is 14.1. The molecule has 0 spiro atoms. The number of ether oxygens (including phenoxy) is 1. The highest BCUT2D eigenvalue weighted by Crippen LogP contribution is 2.22. The number of alkyl carbamates (subject to hydrolysis) is 1. The third kappa shape index (κ3) is 7.21. The first-order valence-electron chi connectivity index (χ1n) is 10.4. The number of nitrogens with zero attached hydrogens (tertiary/aromatic N) is 1. The second-order valence-electron chi connectivity index (χ2n) is 8.68. The molecule has 1 atom stereocenters. The highest BCUT2D eigenvalue weighted by atomic mass is 16.6. The maximum absolute atomic E-state index is 12.8. The Labute approximate surface area is 178 Å². The minimum absolute atomic E-state index is 0.00267. The van der Waals surface area contributed by atoms with Crippen LogP contribution in [0.1, 0.15) is 56.5 Å². The summed E-state index contributed by atoms with van der Waals surface area (Å²) in [6, 6.07) is 7.25. The number of nitrogens with one attached hydrogen (secondary N) is 2. The first-order valence-corrected chi connectivity index (χ1v) is 10.4. The molecule has 7 nitrogen and oxygen atoms in total. The van der Waals surface area contributed by atoms with Gasteiger partial charge in [-0.05, 0) is 70.2 Å². The summed E-state index contributed by atoms with van der Waals surface area (Å²) in [6.45, 7) is 12.6. The van der Waals surface area contributed by atoms with Gasteiger partial charge in [-0.25, -0.2) is 4.79 Å². The summed E-state index contributed by atoms with van der Waals surface area (Å²) in [7, 11) is 0. The van der Waals surface area contributed by atoms with E-state index in [-0.39, 0.29) is 17.9 Å². The second-order valence-corrected chi connectivity index (χ2v) is 8.68. The van der Waals surface area contributed by atoms with Crippen LogP contribution in [0.15, 0.2) is 36.9 Å². The van der Waals surface area contributed by atoms with Gasteiger partial charge in [0.15, 0.2) is 0 Å². The van der Waals surface area contributed by atoms with E-state index in [4.69, 9.17) is 4.74 Å². The monoisotopic (exact) mass is 415 g/mol. The average molecular weight is 416 g/mol. The summed E-state index contributed by atoms with van der Waals surface area (Å²) in [4.78, 5) is 37.9. The molecule has 1 aromatic rings. The van der Waals surface area contributed by atoms with Crippen molar-refractivity contribution in [1.29, 1.82) is 0 Å². The Bertz CT molecular complexity index is 760. The predicted octanol–water partition coefficient (Wildman–Crippen LogP) is 3.25. The number of likely N-dealkylation sites (tertiary alicyclic amines) is 1. The molecule has 3 amide bonds. The van der Waals surface area contributed by atoms with Crippen LogP contribution in [0.4, 0.5) is 4.79 Å². The maximum Gasteiger partial charge on any atom is 0.407 e. The minimum Gasteiger partial charge on any atom is -0.444 e. The van der Waals surface area contributed by atoms with Crippen molar-refractivity contribution in [1.82, 2.24) is 15.5 Å². The third-order valence-electron chi connectivity index (χ3n) is 5.13. The van der Waals surface area contributed by atoms with E-state index in [1.54, 1.807) is 12.1 Å². The van der Waals surface area contributed by atoms with Gasteiger partial charge < -0.3 is 20.3 Å². The summed E-state index contributed by atoms with van der Waals surface area (Å²) < 4.78 is 5.32. The van der Waals surface area contributed by atoms with Gasteiger partial charge in [0.25, 0.3) is 5.91 Å². The lowest BCUT2D eigenvalue weighted by Gasteiger charge is -2.35. The Balaban J connectivity index is 1.82. The molecule has 7 heteroatoms. The Morgan fingerprint density at radius 1 is 1.20 bits per heavy atom. The lowest BCUT2D eigenvalue weighted by molar-refractivity contribution is -0.116. The summed E-state index contributed by atoms with van der Waals surface area (Å²) in [5, 5.41) is 5.62. The van der Waals surface area contributed by atoms with Crippen molar-refractivity contribution in [3.8, 4) is 0 Å². The maximum atomic E-state index is 12.8. The van der Waals surface area contributed by atoms with Gasteiger partial charge in [0.05, 0.1) is 0 Å². The first kappa shape index (κ1) is 23.4. The number of rotatable bonds is 6. The van der Waals surface area contributed by atoms with Crippen LogP contribution in [0.5, 0.6) is 0 Å². The smallest absolute Gasteiger partial charge is 0.407 e. The topological polar surface area (TPSA) is 87.7 Å². The van der Waals surface area contributed by atoms with Gasteiger partial charge in [-0.3, -0.25) is 9.59 Å². The third-order valence-corrected chi connectivity index (χ3v) is 5.13. The molecule has 0 saturated carbocycles. The summed E-state index contributed by atoms with van der Waals surface area (Å²) in [6.07, 6.45) is 2.48. The van der Waals surface area contributed by atoms with Gasteiger partial charge in [0.2, 0.25) is 5.91 Å². The van der Waals surface area contributed by atoms with Crippen molar-refractivity contribution in [3.63, 3.8) is 0 Å². The van der Waals surface area contributed by atoms with Crippen molar-refractivity contribution in [2.24, 2.45) is 5.92 Å². The number of hydrogen-bond acceptors (Lipinski definition) is 4. The number of piperidine rings is 1. The molecule has 1 unspecified atom stereocenters. The number of carbonyl (C=O) groups is 3. The summed E-state index contributed by atoms with van der Waals surface area (Å²) >= 11 is 0. The fourth-order valence-corrected chi connectivity index (χ4v) is 3.42. The molecular formula is C23H33N3O4. The van der Waals surface area contributed by atoms with Crippen LogP contribution in [-0.4, -0.2) is 47.5 Å². The lowest BCUT2D eigenvalue weighted by atomic mass is 9.90. The molecule has 1 heterocycles. The summed E-state index contributed by atoms with van der Waals surface area (Å²) in [5.41, 5.74) is 1.03. The Morgan fingerprint density at radius 2 is 1.80 bits per heavy atom. The molecule has 1 saturated heterocycles. The number of hydrogen-bond donors (Lipinski definition) is 2. The molecular weight excluding hydrogens is 382 g/mol. The molecule has 0 aliphatic carbocycles. The molecule has 0 bridgehead atoms. The average Bonchev–Trinajstić information content (AvgIpc) is 2.70. The molecule has 1 fully saturated rings. The molecule has 0 radical (unpaired) electrons. The highest BCUT2D eigenvalue weighted by Gasteiger charge is 2.28. The van der Waals surface area contributed by atoms with Gasteiger partial charge in [-0.1, -0.05) is 18.7 Å². The molecule has 0 aromatic heterocycles. The number of benzene rings is 1. The predicted molar refractivity (Wildman–Crippen MR) is 116 cm³/mol. The van der Waals surface area contributed by atoms with Crippen LogP contribution < -0.4 is 10.6 Å². The van der Waals surface area contributed by atoms with Crippen LogP contribution in [-0.2, 0) is 16.1 Å². The van der Waals surface area contributed by atoms with E-state index in [1.807, 2.05) is 44.7 Å². The molecule has 1 aliphatic rings. The molecule has 1 aliphatic heterocycles. The van der Waals surface area contributed by atoms with Crippen LogP contribution in [0.25, 0.3) is 0 Å². The van der Waals surface area contributed by atoms with Gasteiger partial charge >= 0.3 is 6.09 Å². The van der Waals surface area contributed by atoms with Crippen molar-refractivity contribution in [2.75, 3.05) is 13.1 Å². The van der Waals surface area contributed by atoms with E-state index in [2.05, 4.69) is 17.2 Å². The standard InChI is InChI=1S/C23H33N3O4/c1-6-20(27)24-15-17-7-9-19(10-8-17)21(28)26-13-11-18(12-14-26)16(2)25-22(29)30-23(3,4)5/h6-10,16,18H,1,11-15H2,2-5H3,(H,24,27)(H,25,29). The van der Waals surface area contributed by atoms with E-state index >= 15 is 0 Å². The number of amides is 3. The zero-order chi connectivity index (χ0) is 22.3. The van der Waals surface area contributed by atoms with Gasteiger partial charge in [-0.2, -0.15) is 0 Å². The van der Waals surface area contributed by atoms with Gasteiger partial charge in [0, 0.05) is 31.2 Å². The van der Waals surface area contributed by atoms with Crippen molar-refractivity contribution < 1.29 is 19.1 Å². The zero-order valence-electron chi connectivity index (χ0n) is 18.4. The van der Waals surface area contributed by atoms with Crippen LogP contribution in [0.2, 0.25) is 0 Å². The highest BCUT2D eigenvalue weighted by molar-refractivity contribution is 5.94. The fourth-order valence-electron chi connectivity index (χ4n) is 3.42. The van der Waals surface area contributed by atoms with E-state index in [0.29, 0.717) is 31.1 Å². The van der Waals surface area contributed by atoms with E-state index in [1.165, 1.54) is 6.08 Å². The molecule has 164 valence electrons. The Hall–Kier alpha value is -2.83. The SMILES string of the molecule is C=CC(=O)NCc1ccc(C(=O)N2CCC(C(C)NC(=O)OC(C)(C)C)CC2)cc1. The van der Waals surface area contributed by atoms with Crippen LogP contribution in [0.3, 0.4) is 0 Å². The Kier molecular flexibility index (Phi) is 8.03. The lowest BCUT2D eigenvalue weighted by Crippen LogP contribution is -2.46. The fraction of sp³-hybridized carbons (Fsp3) is 0.522. The minimum atomic E-state index is -0.521. The second kappa shape index (κ2) is 10.3. The van der Waals surface area contributed by atoms with Gasteiger partial charge in [0.1, 0.15) is 5.60 Å². The Morgan fingerprint density at radius 3 is 2.33 bits per heavy atom. The number of carbonyl (C=O) groups excluding carboxylic acids is 3. The van der Waals surface area contributed by atoms with Crippen LogP contribution >= 0.6 is 0 Å². The largest absolute Gasteiger partial charge is 0.444 e. The van der Waals surface area contributed by atoms with Gasteiger partial charge in [-0.15, -0.1) is 0 Å². The summed E-state index contributed by atoms with van der Waals surface area (Å²) in [5.74, 6) is 0.0775. The van der Waals surface area contributed by atoms with Crippen molar-refractivity contribution >= 4 is 17.9 Å². The van der Waals surface area contributed by atoms with Crippen molar-refractivity contribution in [2.45, 2.75) is 58.7 Å². The van der Waals surface area contributed by atoms with E-state index < -0.39 is 11.7 Å². The molecule has 2 rings (SSSR count). The molecule has 1 aromatic carbocycles. The zero-order valence-corrected chi connectivity index (χ0v) is 18.4. The van der Waals surface area contributed by atoms with Crippen LogP contribution in [0, 0.1) is 5.92 Å². The molecule has 30 heavy (non-hydrogen) atoms. The van der Waals surface area contributed by atoms with E-state index in [9.17, 15) is 14.4 Å².